The van der Waals surface area contributed by atoms with Crippen LogP contribution in [0, 0.1) is 0 Å². The van der Waals surface area contributed by atoms with Crippen LogP contribution in [0.25, 0.3) is 11.3 Å². The molecule has 7 heteroatoms. The highest BCUT2D eigenvalue weighted by molar-refractivity contribution is 5.94. The number of nitrogens with zero attached hydrogens (tertiary/aromatic N) is 2. The Morgan fingerprint density at radius 2 is 1.90 bits per heavy atom. The van der Waals surface area contributed by atoms with E-state index in [1.54, 1.807) is 39.5 Å². The van der Waals surface area contributed by atoms with Crippen molar-refractivity contribution < 1.29 is 19.4 Å². The van der Waals surface area contributed by atoms with Crippen molar-refractivity contribution in [3.05, 3.63) is 65.9 Å². The maximum Gasteiger partial charge on any atom is 0.269 e. The van der Waals surface area contributed by atoms with Gasteiger partial charge in [0.05, 0.1) is 26.0 Å². The predicted molar refractivity (Wildman–Crippen MR) is 110 cm³/mol. The summed E-state index contributed by atoms with van der Waals surface area (Å²) in [4.78, 5) is 12.6. The first-order valence-corrected chi connectivity index (χ1v) is 9.28. The molecule has 1 amide bonds. The van der Waals surface area contributed by atoms with Gasteiger partial charge < -0.3 is 19.9 Å². The Morgan fingerprint density at radius 3 is 2.59 bits per heavy atom. The van der Waals surface area contributed by atoms with Gasteiger partial charge in [-0.05, 0) is 29.8 Å². The molecule has 0 bridgehead atoms. The number of hydrogen-bond acceptors (Lipinski definition) is 5. The van der Waals surface area contributed by atoms with Gasteiger partial charge in [-0.25, -0.2) is 0 Å². The number of methoxy groups -OCH3 is 2. The number of aliphatic hydroxyl groups excluding tert-OH is 1. The molecule has 3 aromatic rings. The number of hydrogen-bond donors (Lipinski definition) is 2. The summed E-state index contributed by atoms with van der Waals surface area (Å²) in [6.45, 7) is 0.150. The summed E-state index contributed by atoms with van der Waals surface area (Å²) in [6, 6.07) is 16.8. The summed E-state index contributed by atoms with van der Waals surface area (Å²) in [5.41, 5.74) is 2.72. The molecule has 0 aliphatic rings. The maximum absolute atomic E-state index is 12.6. The molecule has 0 fully saturated rings. The second-order valence-corrected chi connectivity index (χ2v) is 6.66. The number of ether oxygens (including phenoxy) is 2. The van der Waals surface area contributed by atoms with Gasteiger partial charge in [-0.2, -0.15) is 5.10 Å². The number of aromatic nitrogens is 2. The molecule has 0 unspecified atom stereocenters. The van der Waals surface area contributed by atoms with Gasteiger partial charge in [0.15, 0.2) is 0 Å². The van der Waals surface area contributed by atoms with Gasteiger partial charge in [-0.3, -0.25) is 9.48 Å². The van der Waals surface area contributed by atoms with E-state index in [1.807, 2.05) is 36.4 Å². The van der Waals surface area contributed by atoms with Gasteiger partial charge in [0.25, 0.3) is 5.91 Å². The maximum atomic E-state index is 12.6. The topological polar surface area (TPSA) is 85.6 Å². The lowest BCUT2D eigenvalue weighted by atomic mass is 10.1. The van der Waals surface area contributed by atoms with E-state index in [2.05, 4.69) is 10.4 Å². The first-order chi connectivity index (χ1) is 14.0. The van der Waals surface area contributed by atoms with Crippen molar-refractivity contribution in [1.29, 1.82) is 0 Å². The third kappa shape index (κ3) is 4.94. The number of nitrogens with one attached hydrogen (secondary N) is 1. The number of rotatable bonds is 8. The summed E-state index contributed by atoms with van der Waals surface area (Å²) in [5, 5.41) is 17.4. The van der Waals surface area contributed by atoms with Gasteiger partial charge in [0.2, 0.25) is 0 Å². The van der Waals surface area contributed by atoms with Crippen LogP contribution in [0.4, 0.5) is 0 Å². The Labute approximate surface area is 169 Å². The van der Waals surface area contributed by atoms with Gasteiger partial charge in [-0.1, -0.05) is 30.3 Å². The largest absolute Gasteiger partial charge is 0.497 e. The van der Waals surface area contributed by atoms with Crippen molar-refractivity contribution in [2.45, 2.75) is 12.5 Å². The van der Waals surface area contributed by atoms with Crippen molar-refractivity contribution in [3.63, 3.8) is 0 Å². The van der Waals surface area contributed by atoms with Gasteiger partial charge >= 0.3 is 0 Å². The second kappa shape index (κ2) is 9.25. The molecule has 0 saturated heterocycles. The SMILES string of the molecule is COc1ccc(OC)c(-c2cc(C(=O)NC[C@H](O)Cc3ccccc3)n(C)n2)c1. The third-order valence-electron chi connectivity index (χ3n) is 4.61. The lowest BCUT2D eigenvalue weighted by Crippen LogP contribution is -2.34. The fraction of sp³-hybridized carbons (Fsp3) is 0.273. The quantitative estimate of drug-likeness (QED) is 0.612. The van der Waals surface area contributed by atoms with Crippen molar-refractivity contribution in [1.82, 2.24) is 15.1 Å². The fourth-order valence-electron chi connectivity index (χ4n) is 3.09. The predicted octanol–water partition coefficient (Wildman–Crippen LogP) is 2.44. The molecular weight excluding hydrogens is 370 g/mol. The van der Waals surface area contributed by atoms with Crippen LogP contribution in [-0.4, -0.2) is 47.7 Å². The molecule has 1 atom stereocenters. The fourth-order valence-corrected chi connectivity index (χ4v) is 3.09. The van der Waals surface area contributed by atoms with Crippen molar-refractivity contribution in [2.75, 3.05) is 20.8 Å². The Balaban J connectivity index is 1.71. The van der Waals surface area contributed by atoms with Crippen LogP contribution < -0.4 is 14.8 Å². The highest BCUT2D eigenvalue weighted by Gasteiger charge is 2.18. The van der Waals surface area contributed by atoms with E-state index in [0.29, 0.717) is 29.3 Å². The Morgan fingerprint density at radius 1 is 1.14 bits per heavy atom. The van der Waals surface area contributed by atoms with E-state index in [0.717, 1.165) is 11.1 Å². The summed E-state index contributed by atoms with van der Waals surface area (Å²) < 4.78 is 12.2. The number of carbonyl (C=O) groups excluding carboxylic acids is 1. The zero-order valence-corrected chi connectivity index (χ0v) is 16.8. The van der Waals surface area contributed by atoms with Crippen molar-refractivity contribution >= 4 is 5.91 Å². The average Bonchev–Trinajstić information content (AvgIpc) is 3.13. The zero-order valence-electron chi connectivity index (χ0n) is 16.8. The monoisotopic (exact) mass is 395 g/mol. The molecule has 0 aliphatic heterocycles. The molecule has 0 radical (unpaired) electrons. The minimum Gasteiger partial charge on any atom is -0.497 e. The lowest BCUT2D eigenvalue weighted by molar-refractivity contribution is 0.0906. The molecule has 0 saturated carbocycles. The first-order valence-electron chi connectivity index (χ1n) is 9.28. The smallest absolute Gasteiger partial charge is 0.269 e. The molecule has 1 heterocycles. The van der Waals surface area contributed by atoms with E-state index < -0.39 is 6.10 Å². The molecule has 0 aliphatic carbocycles. The molecular formula is C22H25N3O4. The number of carbonyl (C=O) groups is 1. The normalized spacial score (nSPS) is 11.7. The second-order valence-electron chi connectivity index (χ2n) is 6.66. The minimum atomic E-state index is -0.674. The van der Waals surface area contributed by atoms with Crippen LogP contribution in [0.3, 0.4) is 0 Å². The van der Waals surface area contributed by atoms with E-state index >= 15 is 0 Å². The highest BCUT2D eigenvalue weighted by atomic mass is 16.5. The Hall–Kier alpha value is -3.32. The summed E-state index contributed by atoms with van der Waals surface area (Å²) in [6.07, 6.45) is -0.203. The van der Waals surface area contributed by atoms with E-state index in [9.17, 15) is 9.90 Å². The molecule has 0 spiro atoms. The van der Waals surface area contributed by atoms with Gasteiger partial charge in [-0.15, -0.1) is 0 Å². The van der Waals surface area contributed by atoms with Crippen LogP contribution in [-0.2, 0) is 13.5 Å². The van der Waals surface area contributed by atoms with Crippen LogP contribution in [0.2, 0.25) is 0 Å². The van der Waals surface area contributed by atoms with E-state index in [1.165, 1.54) is 4.68 Å². The van der Waals surface area contributed by atoms with E-state index in [4.69, 9.17) is 9.47 Å². The van der Waals surface area contributed by atoms with Crippen molar-refractivity contribution in [2.24, 2.45) is 7.05 Å². The zero-order chi connectivity index (χ0) is 20.8. The van der Waals surface area contributed by atoms with Crippen LogP contribution >= 0.6 is 0 Å². The molecule has 29 heavy (non-hydrogen) atoms. The summed E-state index contributed by atoms with van der Waals surface area (Å²) in [5.74, 6) is 0.996. The molecule has 152 valence electrons. The molecule has 7 nitrogen and oxygen atoms in total. The summed E-state index contributed by atoms with van der Waals surface area (Å²) >= 11 is 0. The molecule has 3 rings (SSSR count). The molecule has 2 N–H and O–H groups in total. The van der Waals surface area contributed by atoms with Gasteiger partial charge in [0, 0.05) is 25.6 Å². The molecule has 1 aromatic heterocycles. The van der Waals surface area contributed by atoms with E-state index in [-0.39, 0.29) is 12.5 Å². The molecule has 2 aromatic carbocycles. The number of benzene rings is 2. The van der Waals surface area contributed by atoms with Gasteiger partial charge in [0.1, 0.15) is 17.2 Å². The summed E-state index contributed by atoms with van der Waals surface area (Å²) in [7, 11) is 4.87. The van der Waals surface area contributed by atoms with Crippen LogP contribution in [0.15, 0.2) is 54.6 Å². The standard InChI is InChI=1S/C22H25N3O4/c1-25-20(22(27)23-14-16(26)11-15-7-5-4-6-8-15)13-19(24-25)18-12-17(28-2)9-10-21(18)29-3/h4-10,12-13,16,26H,11,14H2,1-3H3,(H,23,27)/t16-/m1/s1. The average molecular weight is 395 g/mol. The van der Waals surface area contributed by atoms with Crippen LogP contribution in [0.1, 0.15) is 16.1 Å². The number of amides is 1. The van der Waals surface area contributed by atoms with Crippen LogP contribution in [0.5, 0.6) is 11.5 Å². The van der Waals surface area contributed by atoms with Crippen molar-refractivity contribution in [3.8, 4) is 22.8 Å². The third-order valence-corrected chi connectivity index (χ3v) is 4.61. The minimum absolute atomic E-state index is 0.150. The lowest BCUT2D eigenvalue weighted by Gasteiger charge is -2.12. The number of aliphatic hydroxyl groups is 1. The Kier molecular flexibility index (Phi) is 6.51. The number of aryl methyl sites for hydroxylation is 1. The highest BCUT2D eigenvalue weighted by Crippen LogP contribution is 2.32. The Bertz CT molecular complexity index is 969. The first kappa shape index (κ1) is 20.4.